The van der Waals surface area contributed by atoms with E-state index in [9.17, 15) is 9.90 Å². The minimum absolute atomic E-state index is 0.110. The highest BCUT2D eigenvalue weighted by Gasteiger charge is 2.11. The number of hydrogen-bond donors (Lipinski definition) is 2. The van der Waals surface area contributed by atoms with Gasteiger partial charge >= 0.3 is 0 Å². The molecule has 88 valence electrons. The van der Waals surface area contributed by atoms with E-state index in [-0.39, 0.29) is 16.5 Å². The summed E-state index contributed by atoms with van der Waals surface area (Å²) in [6.07, 6.45) is 0. The number of phenols is 1. The predicted octanol–water partition coefficient (Wildman–Crippen LogP) is 3.27. The van der Waals surface area contributed by atoms with Gasteiger partial charge in [0.05, 0.1) is 4.83 Å². The van der Waals surface area contributed by atoms with Crippen LogP contribution in [-0.4, -0.2) is 15.8 Å². The molecule has 0 aliphatic rings. The summed E-state index contributed by atoms with van der Waals surface area (Å²) in [6.45, 7) is 1.76. The number of anilines is 1. The molecule has 0 aromatic heterocycles. The van der Waals surface area contributed by atoms with Gasteiger partial charge < -0.3 is 10.4 Å². The Labute approximate surface area is 108 Å². The third kappa shape index (κ3) is 2.42. The Kier molecular flexibility index (Phi) is 3.33. The molecule has 3 nitrogen and oxygen atoms in total. The van der Waals surface area contributed by atoms with Crippen LogP contribution in [0.1, 0.15) is 6.92 Å². The zero-order chi connectivity index (χ0) is 12.4. The molecule has 2 aromatic rings. The first kappa shape index (κ1) is 11.9. The fourth-order valence-electron chi connectivity index (χ4n) is 1.63. The first-order valence-corrected chi connectivity index (χ1v) is 6.17. The molecule has 0 aliphatic carbocycles. The Morgan fingerprint density at radius 2 is 1.88 bits per heavy atom. The molecule has 1 amide bonds. The number of phenolic OH excluding ortho intramolecular Hbond substituents is 1. The summed E-state index contributed by atoms with van der Waals surface area (Å²) >= 11 is 3.21. The molecule has 4 heteroatoms. The first-order valence-electron chi connectivity index (χ1n) is 5.25. The summed E-state index contributed by atoms with van der Waals surface area (Å²) in [6, 6.07) is 10.7. The molecule has 0 heterocycles. The van der Waals surface area contributed by atoms with Crippen molar-refractivity contribution in [1.29, 1.82) is 0 Å². The largest absolute Gasteiger partial charge is 0.507 e. The molecule has 1 unspecified atom stereocenters. The van der Waals surface area contributed by atoms with Gasteiger partial charge in [0.2, 0.25) is 5.91 Å². The van der Waals surface area contributed by atoms with Crippen molar-refractivity contribution >= 4 is 38.3 Å². The molecule has 0 bridgehead atoms. The summed E-state index contributed by atoms with van der Waals surface area (Å²) in [4.78, 5) is 11.4. The van der Waals surface area contributed by atoms with Crippen LogP contribution in [0, 0.1) is 0 Å². The number of hydrogen-bond acceptors (Lipinski definition) is 2. The zero-order valence-corrected chi connectivity index (χ0v) is 10.9. The molecular weight excluding hydrogens is 282 g/mol. The van der Waals surface area contributed by atoms with Crippen LogP contribution < -0.4 is 5.32 Å². The van der Waals surface area contributed by atoms with Gasteiger partial charge in [0, 0.05) is 16.5 Å². The number of fused-ring (bicyclic) bond motifs is 1. The summed E-state index contributed by atoms with van der Waals surface area (Å²) in [5, 5.41) is 14.1. The Morgan fingerprint density at radius 3 is 2.59 bits per heavy atom. The summed E-state index contributed by atoms with van der Waals surface area (Å²) in [7, 11) is 0. The molecule has 0 saturated heterocycles. The molecule has 0 spiro atoms. The number of nitrogens with one attached hydrogen (secondary N) is 1. The van der Waals surface area contributed by atoms with Gasteiger partial charge in [0.25, 0.3) is 0 Å². The minimum atomic E-state index is -0.255. The van der Waals surface area contributed by atoms with E-state index in [1.165, 1.54) is 0 Å². The van der Waals surface area contributed by atoms with Crippen molar-refractivity contribution in [2.24, 2.45) is 0 Å². The lowest BCUT2D eigenvalue weighted by Gasteiger charge is -2.10. The lowest BCUT2D eigenvalue weighted by Crippen LogP contribution is -2.19. The van der Waals surface area contributed by atoms with Gasteiger partial charge in [0.15, 0.2) is 0 Å². The second-order valence-electron chi connectivity index (χ2n) is 3.78. The van der Waals surface area contributed by atoms with Crippen LogP contribution in [-0.2, 0) is 4.79 Å². The van der Waals surface area contributed by atoms with Crippen LogP contribution >= 0.6 is 15.9 Å². The number of benzene rings is 2. The van der Waals surface area contributed by atoms with E-state index < -0.39 is 0 Å². The van der Waals surface area contributed by atoms with E-state index in [0.717, 1.165) is 10.8 Å². The fraction of sp³-hybridized carbons (Fsp3) is 0.154. The van der Waals surface area contributed by atoms with Crippen molar-refractivity contribution in [1.82, 2.24) is 0 Å². The number of aromatic hydroxyl groups is 1. The Hall–Kier alpha value is -1.55. The van der Waals surface area contributed by atoms with Crippen LogP contribution in [0.2, 0.25) is 0 Å². The predicted molar refractivity (Wildman–Crippen MR) is 72.6 cm³/mol. The maximum absolute atomic E-state index is 11.6. The topological polar surface area (TPSA) is 49.3 Å². The molecule has 1 atom stereocenters. The van der Waals surface area contributed by atoms with Crippen LogP contribution in [0.25, 0.3) is 10.8 Å². The van der Waals surface area contributed by atoms with Gasteiger partial charge in [-0.3, -0.25) is 4.79 Å². The third-order valence-corrected chi connectivity index (χ3v) is 2.93. The highest BCUT2D eigenvalue weighted by atomic mass is 79.9. The lowest BCUT2D eigenvalue weighted by atomic mass is 10.1. The molecule has 0 fully saturated rings. The van der Waals surface area contributed by atoms with Gasteiger partial charge in [-0.1, -0.05) is 40.2 Å². The molecule has 2 N–H and O–H groups in total. The monoisotopic (exact) mass is 293 g/mol. The van der Waals surface area contributed by atoms with Crippen molar-refractivity contribution in [2.45, 2.75) is 11.8 Å². The normalized spacial score (nSPS) is 12.4. The highest BCUT2D eigenvalue weighted by molar-refractivity contribution is 9.10. The van der Waals surface area contributed by atoms with Gasteiger partial charge in [-0.05, 0) is 19.1 Å². The number of carbonyl (C=O) groups excluding carboxylic acids is 1. The van der Waals surface area contributed by atoms with Gasteiger partial charge in [0.1, 0.15) is 5.75 Å². The van der Waals surface area contributed by atoms with Crippen molar-refractivity contribution in [3.63, 3.8) is 0 Å². The number of alkyl halides is 1. The van der Waals surface area contributed by atoms with E-state index in [1.54, 1.807) is 25.1 Å². The van der Waals surface area contributed by atoms with Crippen molar-refractivity contribution in [2.75, 3.05) is 5.32 Å². The van der Waals surface area contributed by atoms with E-state index in [1.807, 2.05) is 18.2 Å². The first-order chi connectivity index (χ1) is 8.09. The average Bonchev–Trinajstić information content (AvgIpc) is 2.30. The Balaban J connectivity index is 2.48. The van der Waals surface area contributed by atoms with E-state index in [4.69, 9.17) is 0 Å². The molecular formula is C13H12BrNO2. The van der Waals surface area contributed by atoms with Gasteiger partial charge in [-0.15, -0.1) is 0 Å². The molecule has 2 rings (SSSR count). The summed E-state index contributed by atoms with van der Waals surface area (Å²) < 4.78 is 0. The van der Waals surface area contributed by atoms with E-state index in [2.05, 4.69) is 21.2 Å². The average molecular weight is 294 g/mol. The fourth-order valence-corrected chi connectivity index (χ4v) is 1.75. The van der Waals surface area contributed by atoms with Crippen LogP contribution in [0.5, 0.6) is 5.75 Å². The zero-order valence-electron chi connectivity index (χ0n) is 9.27. The summed E-state index contributed by atoms with van der Waals surface area (Å²) in [5.41, 5.74) is 0.703. The second-order valence-corrected chi connectivity index (χ2v) is 5.16. The Bertz CT molecular complexity index is 566. The second kappa shape index (κ2) is 4.75. The van der Waals surface area contributed by atoms with Crippen LogP contribution in [0.15, 0.2) is 36.4 Å². The highest BCUT2D eigenvalue weighted by Crippen LogP contribution is 2.29. The molecule has 0 saturated carbocycles. The maximum Gasteiger partial charge on any atom is 0.237 e. The Morgan fingerprint density at radius 1 is 1.24 bits per heavy atom. The van der Waals surface area contributed by atoms with Crippen LogP contribution in [0.3, 0.4) is 0 Å². The number of carbonyl (C=O) groups is 1. The minimum Gasteiger partial charge on any atom is -0.507 e. The van der Waals surface area contributed by atoms with Crippen molar-refractivity contribution in [3.05, 3.63) is 36.4 Å². The molecule has 0 aliphatic heterocycles. The van der Waals surface area contributed by atoms with Crippen LogP contribution in [0.4, 0.5) is 5.69 Å². The molecule has 17 heavy (non-hydrogen) atoms. The summed E-state index contributed by atoms with van der Waals surface area (Å²) in [5.74, 6) is 0.103. The lowest BCUT2D eigenvalue weighted by molar-refractivity contribution is -0.115. The maximum atomic E-state index is 11.6. The molecule has 2 aromatic carbocycles. The smallest absolute Gasteiger partial charge is 0.237 e. The quantitative estimate of drug-likeness (QED) is 0.835. The number of halogens is 1. The SMILES string of the molecule is CC(Br)C(=O)Nc1cccc2c(O)cccc12. The van der Waals surface area contributed by atoms with E-state index in [0.29, 0.717) is 5.69 Å². The van der Waals surface area contributed by atoms with E-state index >= 15 is 0 Å². The van der Waals surface area contributed by atoms with Gasteiger partial charge in [-0.2, -0.15) is 0 Å². The molecule has 0 radical (unpaired) electrons. The number of amides is 1. The number of rotatable bonds is 2. The van der Waals surface area contributed by atoms with Gasteiger partial charge in [-0.25, -0.2) is 0 Å². The van der Waals surface area contributed by atoms with Crippen molar-refractivity contribution in [3.8, 4) is 5.75 Å². The standard InChI is InChI=1S/C13H12BrNO2/c1-8(14)13(17)15-11-6-2-5-10-9(11)4-3-7-12(10)16/h2-8,16H,1H3,(H,15,17). The van der Waals surface area contributed by atoms with Crippen molar-refractivity contribution < 1.29 is 9.90 Å². The third-order valence-electron chi connectivity index (χ3n) is 2.52.